The Labute approximate surface area is 251 Å². The Morgan fingerprint density at radius 2 is 0.955 bits per heavy atom. The molecule has 0 amide bonds. The van der Waals surface area contributed by atoms with Gasteiger partial charge in [0.1, 0.15) is 11.0 Å². The zero-order valence-corrected chi connectivity index (χ0v) is 23.3. The van der Waals surface area contributed by atoms with Gasteiger partial charge >= 0.3 is 0 Å². The Balaban J connectivity index is 1.29. The van der Waals surface area contributed by atoms with Crippen LogP contribution in [-0.2, 0) is 0 Å². The molecule has 8 heteroatoms. The number of hydrogen-bond donors (Lipinski definition) is 0. The fraction of sp³-hybridized carbons (Fsp3) is 0. The average Bonchev–Trinajstić information content (AvgIpc) is 3.60. The summed E-state index contributed by atoms with van der Waals surface area (Å²) in [7, 11) is 0. The van der Waals surface area contributed by atoms with Gasteiger partial charge in [0.15, 0.2) is 0 Å². The van der Waals surface area contributed by atoms with E-state index in [-0.39, 0.29) is 0 Å². The Morgan fingerprint density at radius 3 is 1.59 bits per heavy atom. The van der Waals surface area contributed by atoms with Gasteiger partial charge in [-0.3, -0.25) is 24.9 Å². The van der Waals surface area contributed by atoms with Crippen LogP contribution in [-0.4, -0.2) is 39.0 Å². The maximum absolute atomic E-state index is 5.29. The highest BCUT2D eigenvalue weighted by atomic mass is 15.1. The summed E-state index contributed by atoms with van der Waals surface area (Å²) in [6.07, 6.45) is 9.16. The molecule has 0 radical (unpaired) electrons. The van der Waals surface area contributed by atoms with E-state index >= 15 is 0 Å². The van der Waals surface area contributed by atoms with E-state index in [1.807, 2.05) is 73.2 Å². The van der Waals surface area contributed by atoms with Crippen molar-refractivity contribution in [2.75, 3.05) is 0 Å². The highest BCUT2D eigenvalue weighted by Crippen LogP contribution is 2.37. The summed E-state index contributed by atoms with van der Waals surface area (Å²) in [6.45, 7) is 0. The van der Waals surface area contributed by atoms with Crippen LogP contribution in [0.4, 0.5) is 0 Å². The summed E-state index contributed by atoms with van der Waals surface area (Å²) in [5, 5.41) is 1.07. The molecule has 8 aromatic heterocycles. The quantitative estimate of drug-likeness (QED) is 0.218. The summed E-state index contributed by atoms with van der Waals surface area (Å²) in [6, 6.07) is 34.4. The van der Waals surface area contributed by atoms with Crippen LogP contribution in [0.3, 0.4) is 0 Å². The van der Waals surface area contributed by atoms with Gasteiger partial charge in [-0.2, -0.15) is 0 Å². The van der Waals surface area contributed by atoms with E-state index in [0.717, 1.165) is 78.2 Å². The van der Waals surface area contributed by atoms with Crippen LogP contribution in [0, 0.1) is 0 Å². The van der Waals surface area contributed by atoms with Gasteiger partial charge in [0, 0.05) is 24.0 Å². The molecule has 44 heavy (non-hydrogen) atoms. The first kappa shape index (κ1) is 24.3. The summed E-state index contributed by atoms with van der Waals surface area (Å²) < 4.78 is 4.41. The van der Waals surface area contributed by atoms with Crippen molar-refractivity contribution in [3.05, 3.63) is 134 Å². The highest BCUT2D eigenvalue weighted by molar-refractivity contribution is 6.14. The summed E-state index contributed by atoms with van der Waals surface area (Å²) >= 11 is 0. The normalized spacial score (nSPS) is 11.6. The van der Waals surface area contributed by atoms with Crippen LogP contribution in [0.15, 0.2) is 134 Å². The minimum Gasteiger partial charge on any atom is -0.306 e. The van der Waals surface area contributed by atoms with Gasteiger partial charge < -0.3 is 9.13 Å². The SMILES string of the molecule is c1ccc(-c2ccc(-n3c4ccccc4c4nc5c6ncccc6n(-c6ccc(-c7ccccn7)nc6)c5cc43)cn2)nc1. The van der Waals surface area contributed by atoms with Crippen LogP contribution in [0.5, 0.6) is 0 Å². The number of nitrogens with zero attached hydrogens (tertiary/aromatic N) is 8. The van der Waals surface area contributed by atoms with Crippen LogP contribution in [0.1, 0.15) is 0 Å². The van der Waals surface area contributed by atoms with Crippen molar-refractivity contribution < 1.29 is 0 Å². The maximum Gasteiger partial charge on any atom is 0.116 e. The van der Waals surface area contributed by atoms with Gasteiger partial charge in [-0.15, -0.1) is 0 Å². The van der Waals surface area contributed by atoms with E-state index < -0.39 is 0 Å². The largest absolute Gasteiger partial charge is 0.306 e. The third-order valence-electron chi connectivity index (χ3n) is 7.98. The second kappa shape index (κ2) is 9.64. The monoisotopic (exact) mass is 566 g/mol. The zero-order chi connectivity index (χ0) is 29.0. The fourth-order valence-corrected chi connectivity index (χ4v) is 6.02. The zero-order valence-electron chi connectivity index (χ0n) is 23.3. The van der Waals surface area contributed by atoms with E-state index in [1.165, 1.54) is 0 Å². The lowest BCUT2D eigenvalue weighted by atomic mass is 10.2. The van der Waals surface area contributed by atoms with Gasteiger partial charge in [-0.1, -0.05) is 30.3 Å². The number of para-hydroxylation sites is 1. The van der Waals surface area contributed by atoms with Gasteiger partial charge in [-0.25, -0.2) is 4.98 Å². The molecule has 0 N–H and O–H groups in total. The summed E-state index contributed by atoms with van der Waals surface area (Å²) in [5.74, 6) is 0. The second-order valence-electron chi connectivity index (χ2n) is 10.5. The molecule has 0 spiro atoms. The fourth-order valence-electron chi connectivity index (χ4n) is 6.02. The van der Waals surface area contributed by atoms with Crippen molar-refractivity contribution in [3.63, 3.8) is 0 Å². The number of aromatic nitrogens is 8. The summed E-state index contributed by atoms with van der Waals surface area (Å²) in [5.41, 5.74) is 11.7. The van der Waals surface area contributed by atoms with Crippen LogP contribution in [0.25, 0.3) is 78.2 Å². The standard InChI is InChI=1S/C36H22N8/c1-2-11-30-25(8-1)34-32(43(30)23-13-15-28(40-21-23)26-9-3-5-17-37-26)20-33-36(42-34)35-31(12-7-19-39-35)44(33)24-14-16-29(41-22-24)27-10-4-6-18-38-27/h1-22H. The summed E-state index contributed by atoms with van der Waals surface area (Å²) in [4.78, 5) is 28.5. The molecule has 0 saturated heterocycles. The molecule has 9 rings (SSSR count). The molecule has 0 fully saturated rings. The molecule has 1 aromatic carbocycles. The Morgan fingerprint density at radius 1 is 0.386 bits per heavy atom. The van der Waals surface area contributed by atoms with E-state index in [2.05, 4.69) is 67.6 Å². The molecule has 0 unspecified atom stereocenters. The number of fused-ring (bicyclic) bond motifs is 6. The van der Waals surface area contributed by atoms with E-state index in [4.69, 9.17) is 19.9 Å². The third-order valence-corrected chi connectivity index (χ3v) is 7.98. The Hall–Kier alpha value is -6.28. The van der Waals surface area contributed by atoms with Gasteiger partial charge in [0.05, 0.1) is 74.1 Å². The van der Waals surface area contributed by atoms with E-state index in [9.17, 15) is 0 Å². The number of pyridine rings is 6. The highest BCUT2D eigenvalue weighted by Gasteiger charge is 2.20. The molecular weight excluding hydrogens is 544 g/mol. The molecule has 0 saturated carbocycles. The van der Waals surface area contributed by atoms with Crippen molar-refractivity contribution in [2.45, 2.75) is 0 Å². The molecule has 8 nitrogen and oxygen atoms in total. The first-order valence-electron chi connectivity index (χ1n) is 14.3. The molecule has 0 aliphatic carbocycles. The predicted octanol–water partition coefficient (Wildman–Crippen LogP) is 7.58. The van der Waals surface area contributed by atoms with Gasteiger partial charge in [0.25, 0.3) is 0 Å². The molecule has 9 aromatic rings. The molecule has 0 atom stereocenters. The van der Waals surface area contributed by atoms with Gasteiger partial charge in [-0.05, 0) is 72.8 Å². The molecule has 0 bridgehead atoms. The Kier molecular flexibility index (Phi) is 5.33. The molecule has 206 valence electrons. The second-order valence-corrected chi connectivity index (χ2v) is 10.5. The van der Waals surface area contributed by atoms with Crippen molar-refractivity contribution in [1.29, 1.82) is 0 Å². The predicted molar refractivity (Wildman–Crippen MR) is 173 cm³/mol. The third kappa shape index (κ3) is 3.71. The molecule has 0 aliphatic rings. The number of rotatable bonds is 4. The van der Waals surface area contributed by atoms with Crippen molar-refractivity contribution in [1.82, 2.24) is 39.0 Å². The Bertz CT molecular complexity index is 2290. The first-order chi connectivity index (χ1) is 21.8. The smallest absolute Gasteiger partial charge is 0.116 e. The van der Waals surface area contributed by atoms with Crippen molar-refractivity contribution in [2.24, 2.45) is 0 Å². The lowest BCUT2D eigenvalue weighted by Gasteiger charge is -2.10. The average molecular weight is 567 g/mol. The van der Waals surface area contributed by atoms with Crippen molar-refractivity contribution >= 4 is 44.0 Å². The number of benzene rings is 1. The minimum atomic E-state index is 0.815. The van der Waals surface area contributed by atoms with Crippen LogP contribution < -0.4 is 0 Å². The van der Waals surface area contributed by atoms with Gasteiger partial charge in [0.2, 0.25) is 0 Å². The number of hydrogen-bond acceptors (Lipinski definition) is 6. The molecular formula is C36H22N8. The van der Waals surface area contributed by atoms with Crippen LogP contribution >= 0.6 is 0 Å². The topological polar surface area (TPSA) is 87.2 Å². The lowest BCUT2D eigenvalue weighted by Crippen LogP contribution is -1.98. The van der Waals surface area contributed by atoms with E-state index in [0.29, 0.717) is 0 Å². The minimum absolute atomic E-state index is 0.815. The maximum atomic E-state index is 5.29. The van der Waals surface area contributed by atoms with Crippen molar-refractivity contribution in [3.8, 4) is 34.2 Å². The molecule has 8 heterocycles. The molecule has 0 aliphatic heterocycles. The first-order valence-corrected chi connectivity index (χ1v) is 14.3. The van der Waals surface area contributed by atoms with Crippen LogP contribution in [0.2, 0.25) is 0 Å². The van der Waals surface area contributed by atoms with E-state index in [1.54, 1.807) is 12.4 Å². The lowest BCUT2D eigenvalue weighted by molar-refractivity contribution is 1.12.